The van der Waals surface area contributed by atoms with Crippen LogP contribution in [0.2, 0.25) is 0 Å². The van der Waals surface area contributed by atoms with Crippen molar-refractivity contribution in [3.63, 3.8) is 0 Å². The zero-order chi connectivity index (χ0) is 15.6. The van der Waals surface area contributed by atoms with E-state index in [1.807, 2.05) is 0 Å². The van der Waals surface area contributed by atoms with Crippen LogP contribution in [0.25, 0.3) is 0 Å². The zero-order valence-corrected chi connectivity index (χ0v) is 11.5. The Hall–Kier alpha value is -2.52. The number of carbonyl (C=O) groups is 4. The second-order valence-electron chi connectivity index (χ2n) is 4.55. The highest BCUT2D eigenvalue weighted by Crippen LogP contribution is 2.21. The van der Waals surface area contributed by atoms with Crippen LogP contribution in [-0.4, -0.2) is 61.5 Å². The lowest BCUT2D eigenvalue weighted by Crippen LogP contribution is -2.52. The average molecular weight is 300 g/mol. The molecule has 3 unspecified atom stereocenters. The topological polar surface area (TPSA) is 126 Å². The third-order valence-corrected chi connectivity index (χ3v) is 3.35. The van der Waals surface area contributed by atoms with E-state index in [1.54, 1.807) is 0 Å². The van der Waals surface area contributed by atoms with E-state index in [0.717, 1.165) is 4.90 Å². The maximum Gasteiger partial charge on any atom is 0.328 e. The first kappa shape index (κ1) is 14.9. The van der Waals surface area contributed by atoms with Crippen LogP contribution >= 0.6 is 0 Å². The van der Waals surface area contributed by atoms with Gasteiger partial charge in [0.05, 0.1) is 14.2 Å². The maximum absolute atomic E-state index is 12.0. The SMILES string of the molecule is COC(=O)CCC(C(=O)OC)N1C(=O)NC2NC(=O)NC21. The molecule has 2 heterocycles. The minimum Gasteiger partial charge on any atom is -0.469 e. The summed E-state index contributed by atoms with van der Waals surface area (Å²) in [6.45, 7) is 0. The van der Waals surface area contributed by atoms with Crippen molar-refractivity contribution in [2.45, 2.75) is 31.2 Å². The van der Waals surface area contributed by atoms with Gasteiger partial charge in [-0.3, -0.25) is 9.69 Å². The van der Waals surface area contributed by atoms with Crippen molar-refractivity contribution in [3.8, 4) is 0 Å². The van der Waals surface area contributed by atoms with Gasteiger partial charge in [-0.15, -0.1) is 0 Å². The smallest absolute Gasteiger partial charge is 0.328 e. The quantitative estimate of drug-likeness (QED) is 0.529. The van der Waals surface area contributed by atoms with Crippen LogP contribution in [0.4, 0.5) is 9.59 Å². The van der Waals surface area contributed by atoms with Gasteiger partial charge in [0.2, 0.25) is 0 Å². The van der Waals surface area contributed by atoms with Gasteiger partial charge in [-0.1, -0.05) is 0 Å². The molecular formula is C11H16N4O6. The number of hydrogen-bond donors (Lipinski definition) is 3. The fourth-order valence-electron chi connectivity index (χ4n) is 2.36. The molecule has 2 rings (SSSR count). The highest BCUT2D eigenvalue weighted by atomic mass is 16.5. The van der Waals surface area contributed by atoms with Gasteiger partial charge in [-0.2, -0.15) is 0 Å². The molecule has 3 N–H and O–H groups in total. The van der Waals surface area contributed by atoms with Gasteiger partial charge in [0.25, 0.3) is 0 Å². The van der Waals surface area contributed by atoms with E-state index in [-0.39, 0.29) is 12.8 Å². The molecule has 21 heavy (non-hydrogen) atoms. The number of carbonyl (C=O) groups excluding carboxylic acids is 4. The number of methoxy groups -OCH3 is 2. The predicted octanol–water partition coefficient (Wildman–Crippen LogP) is -1.53. The second-order valence-corrected chi connectivity index (χ2v) is 4.55. The van der Waals surface area contributed by atoms with E-state index in [2.05, 4.69) is 25.4 Å². The van der Waals surface area contributed by atoms with E-state index in [0.29, 0.717) is 0 Å². The van der Waals surface area contributed by atoms with Crippen LogP contribution in [0.1, 0.15) is 12.8 Å². The Kier molecular flexibility index (Phi) is 4.15. The number of urea groups is 2. The molecular weight excluding hydrogens is 284 g/mol. The Morgan fingerprint density at radius 2 is 1.90 bits per heavy atom. The number of rotatable bonds is 5. The molecule has 2 aliphatic rings. The summed E-state index contributed by atoms with van der Waals surface area (Å²) in [5, 5.41) is 7.55. The van der Waals surface area contributed by atoms with Gasteiger partial charge in [0.15, 0.2) is 0 Å². The normalized spacial score (nSPS) is 24.6. The molecule has 4 amide bonds. The molecule has 0 bridgehead atoms. The molecule has 2 aliphatic heterocycles. The Balaban J connectivity index is 2.15. The summed E-state index contributed by atoms with van der Waals surface area (Å²) in [6.07, 6.45) is -1.37. The molecule has 0 aromatic rings. The van der Waals surface area contributed by atoms with E-state index in [4.69, 9.17) is 0 Å². The van der Waals surface area contributed by atoms with Crippen molar-refractivity contribution in [1.82, 2.24) is 20.9 Å². The molecule has 0 spiro atoms. The zero-order valence-electron chi connectivity index (χ0n) is 11.5. The van der Waals surface area contributed by atoms with Crippen LogP contribution in [-0.2, 0) is 19.1 Å². The number of fused-ring (bicyclic) bond motifs is 1. The summed E-state index contributed by atoms with van der Waals surface area (Å²) in [5.41, 5.74) is 0. The monoisotopic (exact) mass is 300 g/mol. The molecule has 0 aromatic carbocycles. The van der Waals surface area contributed by atoms with Gasteiger partial charge >= 0.3 is 24.0 Å². The summed E-state index contributed by atoms with van der Waals surface area (Å²) < 4.78 is 9.18. The number of nitrogens with one attached hydrogen (secondary N) is 3. The predicted molar refractivity (Wildman–Crippen MR) is 66.7 cm³/mol. The molecule has 2 saturated heterocycles. The molecule has 0 saturated carbocycles. The van der Waals surface area contributed by atoms with E-state index in [1.165, 1.54) is 14.2 Å². The Morgan fingerprint density at radius 1 is 1.19 bits per heavy atom. The third kappa shape index (κ3) is 2.83. The summed E-state index contributed by atoms with van der Waals surface area (Å²) in [5.74, 6) is -1.18. The summed E-state index contributed by atoms with van der Waals surface area (Å²) >= 11 is 0. The van der Waals surface area contributed by atoms with Crippen LogP contribution < -0.4 is 16.0 Å². The minimum atomic E-state index is -0.996. The lowest BCUT2D eigenvalue weighted by Gasteiger charge is -2.28. The number of esters is 2. The van der Waals surface area contributed by atoms with Crippen LogP contribution in [0, 0.1) is 0 Å². The molecule has 0 radical (unpaired) electrons. The first-order valence-corrected chi connectivity index (χ1v) is 6.28. The molecule has 2 fully saturated rings. The summed E-state index contributed by atoms with van der Waals surface area (Å²) in [7, 11) is 2.42. The molecule has 10 nitrogen and oxygen atoms in total. The summed E-state index contributed by atoms with van der Waals surface area (Å²) in [6, 6.07) is -1.98. The van der Waals surface area contributed by atoms with Crippen molar-refractivity contribution >= 4 is 24.0 Å². The average Bonchev–Trinajstić information content (AvgIpc) is 2.94. The number of nitrogens with zero attached hydrogens (tertiary/aromatic N) is 1. The number of ether oxygens (including phenoxy) is 2. The van der Waals surface area contributed by atoms with E-state index < -0.39 is 42.4 Å². The minimum absolute atomic E-state index is 0.0336. The lowest BCUT2D eigenvalue weighted by molar-refractivity contribution is -0.147. The Morgan fingerprint density at radius 3 is 2.52 bits per heavy atom. The Bertz CT molecular complexity index is 481. The molecule has 116 valence electrons. The number of hydrogen-bond acceptors (Lipinski definition) is 6. The van der Waals surface area contributed by atoms with Gasteiger partial charge in [-0.25, -0.2) is 14.4 Å². The molecule has 3 atom stereocenters. The summed E-state index contributed by atoms with van der Waals surface area (Å²) in [4.78, 5) is 47.5. The van der Waals surface area contributed by atoms with Crippen LogP contribution in [0.5, 0.6) is 0 Å². The van der Waals surface area contributed by atoms with Gasteiger partial charge in [-0.05, 0) is 6.42 Å². The fourth-order valence-corrected chi connectivity index (χ4v) is 2.36. The number of amides is 4. The first-order valence-electron chi connectivity index (χ1n) is 6.28. The van der Waals surface area contributed by atoms with Crippen molar-refractivity contribution in [1.29, 1.82) is 0 Å². The standard InChI is InChI=1S/C11H16N4O6/c1-20-6(16)4-3-5(9(17)21-2)15-8-7(13-11(15)19)12-10(18)14-8/h5,7-8H,3-4H2,1-2H3,(H,13,19)(H2,12,14,18). The van der Waals surface area contributed by atoms with Gasteiger partial charge in [0.1, 0.15) is 18.4 Å². The van der Waals surface area contributed by atoms with E-state index in [9.17, 15) is 19.2 Å². The van der Waals surface area contributed by atoms with Crippen LogP contribution in [0.3, 0.4) is 0 Å². The van der Waals surface area contributed by atoms with Crippen molar-refractivity contribution in [2.75, 3.05) is 14.2 Å². The first-order chi connectivity index (χ1) is 9.97. The Labute approximate surface area is 120 Å². The highest BCUT2D eigenvalue weighted by molar-refractivity contribution is 5.89. The van der Waals surface area contributed by atoms with Crippen molar-refractivity contribution < 1.29 is 28.7 Å². The fraction of sp³-hybridized carbons (Fsp3) is 0.636. The van der Waals surface area contributed by atoms with Crippen molar-refractivity contribution in [2.24, 2.45) is 0 Å². The van der Waals surface area contributed by atoms with Gasteiger partial charge in [0, 0.05) is 6.42 Å². The van der Waals surface area contributed by atoms with Crippen molar-refractivity contribution in [3.05, 3.63) is 0 Å². The maximum atomic E-state index is 12.0. The second kappa shape index (κ2) is 5.85. The van der Waals surface area contributed by atoms with Crippen LogP contribution in [0.15, 0.2) is 0 Å². The molecule has 0 aromatic heterocycles. The van der Waals surface area contributed by atoms with E-state index >= 15 is 0 Å². The lowest BCUT2D eigenvalue weighted by atomic mass is 10.1. The highest BCUT2D eigenvalue weighted by Gasteiger charge is 2.50. The van der Waals surface area contributed by atoms with Gasteiger partial charge < -0.3 is 25.4 Å². The molecule has 0 aliphatic carbocycles. The third-order valence-electron chi connectivity index (χ3n) is 3.35. The largest absolute Gasteiger partial charge is 0.469 e. The molecule has 10 heteroatoms.